The molecular formula is C19H42O5Si3. The van der Waals surface area contributed by atoms with Gasteiger partial charge in [-0.05, 0) is 83.0 Å². The molecule has 2 rings (SSSR count). The second kappa shape index (κ2) is 10.5. The molecule has 1 saturated heterocycles. The second-order valence-electron chi connectivity index (χ2n) is 9.88. The summed E-state index contributed by atoms with van der Waals surface area (Å²) in [6.45, 7) is 18.0. The molecule has 27 heavy (non-hydrogen) atoms. The number of rotatable bonds is 16. The van der Waals surface area contributed by atoms with Crippen LogP contribution in [0.3, 0.4) is 0 Å². The highest BCUT2D eigenvalue weighted by atomic mass is 28.5. The first-order valence-electron chi connectivity index (χ1n) is 10.7. The third-order valence-corrected chi connectivity index (χ3v) is 16.4. The lowest BCUT2D eigenvalue weighted by Crippen LogP contribution is -2.52. The Bertz CT molecular complexity index is 399. The van der Waals surface area contributed by atoms with Crippen LogP contribution in [-0.4, -0.2) is 64.3 Å². The molecular weight excluding hydrogens is 392 g/mol. The van der Waals surface area contributed by atoms with Gasteiger partial charge in [0, 0.05) is 19.8 Å². The van der Waals surface area contributed by atoms with Crippen molar-refractivity contribution in [2.75, 3.05) is 33.0 Å². The van der Waals surface area contributed by atoms with Crippen molar-refractivity contribution < 1.29 is 22.4 Å². The van der Waals surface area contributed by atoms with Crippen molar-refractivity contribution in [3.05, 3.63) is 0 Å². The predicted octanol–water partition coefficient (Wildman–Crippen LogP) is 4.75. The fourth-order valence-electron chi connectivity index (χ4n) is 3.57. The van der Waals surface area contributed by atoms with E-state index in [9.17, 15) is 0 Å². The zero-order valence-corrected chi connectivity index (χ0v) is 21.5. The molecule has 0 amide bonds. The molecule has 2 aliphatic rings. The van der Waals surface area contributed by atoms with Crippen LogP contribution < -0.4 is 0 Å². The molecule has 0 bridgehead atoms. The van der Waals surface area contributed by atoms with Gasteiger partial charge < -0.3 is 22.4 Å². The van der Waals surface area contributed by atoms with E-state index in [1.807, 2.05) is 0 Å². The third-order valence-electron chi connectivity index (χ3n) is 4.94. The molecule has 1 aliphatic heterocycles. The zero-order chi connectivity index (χ0) is 20.0. The van der Waals surface area contributed by atoms with E-state index in [1.54, 1.807) is 0 Å². The standard InChI is InChI=1S/C19H42O5Si3/c1-25(2,13-7-11-20-15-18-9-10-18)23-27(5,6)24-26(3,4)14-8-12-21-16-19-17-22-19/h18-19H,7-17H2,1-6H3. The average Bonchev–Trinajstić information content (AvgIpc) is 3.39. The van der Waals surface area contributed by atoms with Gasteiger partial charge in [0.1, 0.15) is 6.10 Å². The van der Waals surface area contributed by atoms with Crippen molar-refractivity contribution >= 4 is 25.2 Å². The summed E-state index contributed by atoms with van der Waals surface area (Å²) in [7, 11) is -5.54. The summed E-state index contributed by atoms with van der Waals surface area (Å²) in [4.78, 5) is 0. The Balaban J connectivity index is 1.60. The molecule has 5 nitrogen and oxygen atoms in total. The summed E-state index contributed by atoms with van der Waals surface area (Å²) >= 11 is 0. The molecule has 1 unspecified atom stereocenters. The van der Waals surface area contributed by atoms with E-state index in [4.69, 9.17) is 22.4 Å². The maximum Gasteiger partial charge on any atom is 0.311 e. The highest BCUT2D eigenvalue weighted by Crippen LogP contribution is 2.29. The molecule has 160 valence electrons. The summed E-state index contributed by atoms with van der Waals surface area (Å²) in [6.07, 6.45) is 5.26. The van der Waals surface area contributed by atoms with Crippen LogP contribution in [0.4, 0.5) is 0 Å². The van der Waals surface area contributed by atoms with Gasteiger partial charge >= 0.3 is 8.56 Å². The van der Waals surface area contributed by atoms with E-state index >= 15 is 0 Å². The third kappa shape index (κ3) is 11.9. The van der Waals surface area contributed by atoms with Crippen LogP contribution in [0.2, 0.25) is 51.4 Å². The van der Waals surface area contributed by atoms with Crippen LogP contribution in [-0.2, 0) is 22.4 Å². The first-order valence-corrected chi connectivity index (χ1v) is 19.8. The van der Waals surface area contributed by atoms with Crippen LogP contribution in [0.1, 0.15) is 25.7 Å². The lowest BCUT2D eigenvalue weighted by Gasteiger charge is -2.38. The largest absolute Gasteiger partial charge is 0.437 e. The molecule has 0 spiro atoms. The Kier molecular flexibility index (Phi) is 9.20. The van der Waals surface area contributed by atoms with E-state index in [2.05, 4.69) is 39.3 Å². The van der Waals surface area contributed by atoms with Crippen molar-refractivity contribution in [2.24, 2.45) is 5.92 Å². The molecule has 1 heterocycles. The predicted molar refractivity (Wildman–Crippen MR) is 118 cm³/mol. The monoisotopic (exact) mass is 434 g/mol. The smallest absolute Gasteiger partial charge is 0.311 e. The topological polar surface area (TPSA) is 49.5 Å². The minimum Gasteiger partial charge on any atom is -0.437 e. The van der Waals surface area contributed by atoms with Gasteiger partial charge in [-0.15, -0.1) is 0 Å². The lowest BCUT2D eigenvalue weighted by atomic mass is 10.4. The van der Waals surface area contributed by atoms with Crippen LogP contribution >= 0.6 is 0 Å². The van der Waals surface area contributed by atoms with Crippen molar-refractivity contribution in [3.63, 3.8) is 0 Å². The summed E-state index contributed by atoms with van der Waals surface area (Å²) in [5, 5.41) is 0. The first kappa shape index (κ1) is 23.7. The van der Waals surface area contributed by atoms with Crippen molar-refractivity contribution in [2.45, 2.75) is 83.2 Å². The summed E-state index contributed by atoms with van der Waals surface area (Å²) in [5.41, 5.74) is 0. The Morgan fingerprint density at radius 2 is 1.26 bits per heavy atom. The maximum atomic E-state index is 6.66. The fourth-order valence-corrected chi connectivity index (χ4v) is 17.6. The van der Waals surface area contributed by atoms with Crippen LogP contribution in [0.15, 0.2) is 0 Å². The van der Waals surface area contributed by atoms with E-state index in [-0.39, 0.29) is 0 Å². The maximum absolute atomic E-state index is 6.66. The zero-order valence-electron chi connectivity index (χ0n) is 18.5. The molecule has 8 heteroatoms. The summed E-state index contributed by atoms with van der Waals surface area (Å²) in [6, 6.07) is 2.27. The average molecular weight is 435 g/mol. The van der Waals surface area contributed by atoms with Crippen molar-refractivity contribution in [3.8, 4) is 0 Å². The SMILES string of the molecule is C[Si](C)(CCCOCC1CC1)O[Si](C)(C)O[Si](C)(C)CCCOCC1CO1. The van der Waals surface area contributed by atoms with Gasteiger partial charge in [-0.25, -0.2) is 0 Å². The second-order valence-corrected chi connectivity index (χ2v) is 22.4. The van der Waals surface area contributed by atoms with Crippen LogP contribution in [0, 0.1) is 5.92 Å². The molecule has 1 saturated carbocycles. The van der Waals surface area contributed by atoms with Gasteiger partial charge in [0.25, 0.3) is 0 Å². The molecule has 0 radical (unpaired) electrons. The van der Waals surface area contributed by atoms with Crippen molar-refractivity contribution in [1.82, 2.24) is 0 Å². The summed E-state index contributed by atoms with van der Waals surface area (Å²) in [5.74, 6) is 0.853. The van der Waals surface area contributed by atoms with Gasteiger partial charge in [0.05, 0.1) is 13.2 Å². The van der Waals surface area contributed by atoms with E-state index in [1.165, 1.54) is 12.8 Å². The Morgan fingerprint density at radius 3 is 1.70 bits per heavy atom. The van der Waals surface area contributed by atoms with Crippen LogP contribution in [0.5, 0.6) is 0 Å². The van der Waals surface area contributed by atoms with Gasteiger partial charge in [-0.1, -0.05) is 0 Å². The minimum absolute atomic E-state index is 0.359. The quantitative estimate of drug-likeness (QED) is 0.199. The van der Waals surface area contributed by atoms with E-state index in [0.29, 0.717) is 6.10 Å². The highest BCUT2D eigenvalue weighted by molar-refractivity contribution is 6.87. The number of ether oxygens (including phenoxy) is 3. The number of hydrogen-bond acceptors (Lipinski definition) is 5. The van der Waals surface area contributed by atoms with E-state index in [0.717, 1.165) is 63.9 Å². The lowest BCUT2D eigenvalue weighted by molar-refractivity contribution is 0.116. The molecule has 0 aromatic rings. The minimum atomic E-state index is -2.11. The molecule has 0 aromatic heterocycles. The first-order chi connectivity index (χ1) is 12.6. The molecule has 2 fully saturated rings. The van der Waals surface area contributed by atoms with Crippen LogP contribution in [0.25, 0.3) is 0 Å². The molecule has 1 atom stereocenters. The van der Waals surface area contributed by atoms with Gasteiger partial charge in [0.2, 0.25) is 0 Å². The van der Waals surface area contributed by atoms with Gasteiger partial charge in [0.15, 0.2) is 16.6 Å². The van der Waals surface area contributed by atoms with Gasteiger partial charge in [-0.2, -0.15) is 0 Å². The Morgan fingerprint density at radius 1 is 0.778 bits per heavy atom. The molecule has 1 aliphatic carbocycles. The fraction of sp³-hybridized carbons (Fsp3) is 1.00. The normalized spacial score (nSPS) is 20.9. The number of epoxide rings is 1. The molecule has 0 N–H and O–H groups in total. The summed E-state index contributed by atoms with van der Waals surface area (Å²) < 4.78 is 29.9. The van der Waals surface area contributed by atoms with Gasteiger partial charge in [-0.3, -0.25) is 0 Å². The Labute approximate surface area is 170 Å². The molecule has 0 aromatic carbocycles. The Hall–Kier alpha value is 0.451. The van der Waals surface area contributed by atoms with Crippen molar-refractivity contribution in [1.29, 1.82) is 0 Å². The van der Waals surface area contributed by atoms with E-state index < -0.39 is 25.2 Å². The number of hydrogen-bond donors (Lipinski definition) is 0. The highest BCUT2D eigenvalue weighted by Gasteiger charge is 2.39.